The topological polar surface area (TPSA) is 47.3 Å². The molecule has 0 spiro atoms. The fraction of sp³-hybridized carbons (Fsp3) is 0.438. The van der Waals surface area contributed by atoms with Crippen LogP contribution in [0.15, 0.2) is 24.3 Å². The lowest BCUT2D eigenvalue weighted by Crippen LogP contribution is -2.06. The highest BCUT2D eigenvalue weighted by Gasteiger charge is 2.08. The van der Waals surface area contributed by atoms with Gasteiger partial charge >= 0.3 is 0 Å². The molecule has 2 rings (SSSR count). The van der Waals surface area contributed by atoms with E-state index >= 15 is 0 Å². The van der Waals surface area contributed by atoms with Gasteiger partial charge in [0, 0.05) is 6.54 Å². The number of aryl methyl sites for hydroxylation is 3. The normalized spacial score (nSPS) is 12.4. The van der Waals surface area contributed by atoms with Crippen LogP contribution in [0.4, 0.5) is 0 Å². The Morgan fingerprint density at radius 3 is 2.65 bits per heavy atom. The van der Waals surface area contributed by atoms with Crippen molar-refractivity contribution in [2.45, 2.75) is 47.0 Å². The van der Waals surface area contributed by atoms with Gasteiger partial charge in [-0.2, -0.15) is 5.10 Å². The average Bonchev–Trinajstić information content (AvgIpc) is 2.77. The van der Waals surface area contributed by atoms with E-state index in [0.717, 1.165) is 34.8 Å². The molecule has 1 aromatic carbocycles. The number of hydrogen-bond donors (Lipinski definition) is 1. The molecule has 0 aliphatic carbocycles. The van der Waals surface area contributed by atoms with E-state index in [1.807, 2.05) is 42.8 Å². The van der Waals surface area contributed by atoms with Crippen LogP contribution in [0.2, 0.25) is 0 Å². The summed E-state index contributed by atoms with van der Waals surface area (Å²) in [4.78, 5) is 0. The van der Waals surface area contributed by atoms with Crippen molar-refractivity contribution < 1.29 is 9.84 Å². The summed E-state index contributed by atoms with van der Waals surface area (Å²) < 4.78 is 7.82. The number of aliphatic hydroxyl groups is 1. The first kappa shape index (κ1) is 14.6. The SMILES string of the molecule is CCn1nc(C)cc1COc1ccc(C(C)O)cc1C. The average molecular weight is 274 g/mol. The Hall–Kier alpha value is -1.81. The van der Waals surface area contributed by atoms with E-state index < -0.39 is 6.10 Å². The Morgan fingerprint density at radius 1 is 1.30 bits per heavy atom. The van der Waals surface area contributed by atoms with Crippen LogP contribution in [0.25, 0.3) is 0 Å². The van der Waals surface area contributed by atoms with Gasteiger partial charge in [0.15, 0.2) is 0 Å². The molecule has 1 heterocycles. The lowest BCUT2D eigenvalue weighted by Gasteiger charge is -2.12. The Labute approximate surface area is 120 Å². The summed E-state index contributed by atoms with van der Waals surface area (Å²) in [5, 5.41) is 14.0. The number of ether oxygens (including phenoxy) is 1. The van der Waals surface area contributed by atoms with Crippen LogP contribution in [0, 0.1) is 13.8 Å². The Balaban J connectivity index is 2.10. The summed E-state index contributed by atoms with van der Waals surface area (Å²) in [6.07, 6.45) is -0.452. The van der Waals surface area contributed by atoms with Gasteiger partial charge in [0.1, 0.15) is 12.4 Å². The highest BCUT2D eigenvalue weighted by Crippen LogP contribution is 2.23. The molecule has 1 N–H and O–H groups in total. The van der Waals surface area contributed by atoms with Gasteiger partial charge in [-0.05, 0) is 57.0 Å². The standard InChI is InChI=1S/C16H22N2O2/c1-5-18-15(9-12(3)17-18)10-20-16-7-6-14(13(4)19)8-11(16)2/h6-9,13,19H,5,10H2,1-4H3. The number of aromatic nitrogens is 2. The molecule has 0 amide bonds. The van der Waals surface area contributed by atoms with Crippen molar-refractivity contribution in [3.8, 4) is 5.75 Å². The second kappa shape index (κ2) is 6.09. The predicted molar refractivity (Wildman–Crippen MR) is 78.8 cm³/mol. The van der Waals surface area contributed by atoms with Crippen molar-refractivity contribution in [3.63, 3.8) is 0 Å². The minimum Gasteiger partial charge on any atom is -0.487 e. The molecule has 0 aliphatic rings. The highest BCUT2D eigenvalue weighted by molar-refractivity contribution is 5.37. The van der Waals surface area contributed by atoms with Crippen LogP contribution in [0.1, 0.15) is 42.5 Å². The van der Waals surface area contributed by atoms with E-state index in [1.54, 1.807) is 6.92 Å². The molecule has 0 saturated carbocycles. The fourth-order valence-corrected chi connectivity index (χ4v) is 2.24. The molecule has 1 aromatic heterocycles. The van der Waals surface area contributed by atoms with Gasteiger partial charge in [-0.25, -0.2) is 0 Å². The zero-order valence-corrected chi connectivity index (χ0v) is 12.6. The third kappa shape index (κ3) is 3.20. The summed E-state index contributed by atoms with van der Waals surface area (Å²) in [5.41, 5.74) is 4.02. The Bertz CT molecular complexity index is 588. The maximum atomic E-state index is 9.57. The van der Waals surface area contributed by atoms with Gasteiger partial charge in [-0.1, -0.05) is 6.07 Å². The van der Waals surface area contributed by atoms with Gasteiger partial charge < -0.3 is 9.84 Å². The maximum Gasteiger partial charge on any atom is 0.130 e. The van der Waals surface area contributed by atoms with Crippen molar-refractivity contribution in [2.75, 3.05) is 0 Å². The Kier molecular flexibility index (Phi) is 4.45. The predicted octanol–water partition coefficient (Wildman–Crippen LogP) is 3.15. The van der Waals surface area contributed by atoms with Gasteiger partial charge in [-0.15, -0.1) is 0 Å². The van der Waals surface area contributed by atoms with Gasteiger partial charge in [0.25, 0.3) is 0 Å². The van der Waals surface area contributed by atoms with Crippen LogP contribution in [0.5, 0.6) is 5.75 Å². The Morgan fingerprint density at radius 2 is 2.05 bits per heavy atom. The molecular weight excluding hydrogens is 252 g/mol. The smallest absolute Gasteiger partial charge is 0.130 e. The lowest BCUT2D eigenvalue weighted by atomic mass is 10.1. The highest BCUT2D eigenvalue weighted by atomic mass is 16.5. The largest absolute Gasteiger partial charge is 0.487 e. The summed E-state index contributed by atoms with van der Waals surface area (Å²) in [6, 6.07) is 7.82. The van der Waals surface area contributed by atoms with Crippen molar-refractivity contribution in [2.24, 2.45) is 0 Å². The monoisotopic (exact) mass is 274 g/mol. The van der Waals surface area contributed by atoms with E-state index in [2.05, 4.69) is 12.0 Å². The lowest BCUT2D eigenvalue weighted by molar-refractivity contribution is 0.199. The maximum absolute atomic E-state index is 9.57. The van der Waals surface area contributed by atoms with E-state index in [9.17, 15) is 5.11 Å². The first-order valence-corrected chi connectivity index (χ1v) is 6.96. The number of rotatable bonds is 5. The fourth-order valence-electron chi connectivity index (χ4n) is 2.24. The first-order chi connectivity index (χ1) is 9.51. The molecule has 1 unspecified atom stereocenters. The third-order valence-electron chi connectivity index (χ3n) is 3.34. The van der Waals surface area contributed by atoms with Crippen LogP contribution < -0.4 is 4.74 Å². The molecule has 20 heavy (non-hydrogen) atoms. The van der Waals surface area contributed by atoms with E-state index in [-0.39, 0.29) is 0 Å². The van der Waals surface area contributed by atoms with Crippen molar-refractivity contribution in [1.82, 2.24) is 9.78 Å². The molecule has 0 fully saturated rings. The molecular formula is C16H22N2O2. The van der Waals surface area contributed by atoms with Crippen molar-refractivity contribution in [3.05, 3.63) is 46.8 Å². The van der Waals surface area contributed by atoms with Crippen LogP contribution in [-0.4, -0.2) is 14.9 Å². The van der Waals surface area contributed by atoms with E-state index in [4.69, 9.17) is 4.74 Å². The number of hydrogen-bond acceptors (Lipinski definition) is 3. The minimum atomic E-state index is -0.452. The van der Waals surface area contributed by atoms with Crippen molar-refractivity contribution in [1.29, 1.82) is 0 Å². The summed E-state index contributed by atoms with van der Waals surface area (Å²) >= 11 is 0. The second-order valence-electron chi connectivity index (χ2n) is 5.08. The first-order valence-electron chi connectivity index (χ1n) is 6.96. The van der Waals surface area contributed by atoms with Crippen LogP contribution in [0.3, 0.4) is 0 Å². The molecule has 0 aliphatic heterocycles. The molecule has 2 aromatic rings. The van der Waals surface area contributed by atoms with Crippen molar-refractivity contribution >= 4 is 0 Å². The van der Waals surface area contributed by atoms with Crippen LogP contribution >= 0.6 is 0 Å². The number of benzene rings is 1. The molecule has 4 nitrogen and oxygen atoms in total. The quantitative estimate of drug-likeness (QED) is 0.911. The third-order valence-corrected chi connectivity index (χ3v) is 3.34. The molecule has 1 atom stereocenters. The molecule has 4 heteroatoms. The van der Waals surface area contributed by atoms with Gasteiger partial charge in [0.05, 0.1) is 17.5 Å². The summed E-state index contributed by atoms with van der Waals surface area (Å²) in [5.74, 6) is 0.843. The second-order valence-corrected chi connectivity index (χ2v) is 5.08. The zero-order valence-electron chi connectivity index (χ0n) is 12.6. The zero-order chi connectivity index (χ0) is 14.7. The molecule has 0 bridgehead atoms. The van der Waals surface area contributed by atoms with Gasteiger partial charge in [-0.3, -0.25) is 4.68 Å². The molecule has 108 valence electrons. The summed E-state index contributed by atoms with van der Waals surface area (Å²) in [6.45, 7) is 9.15. The van der Waals surface area contributed by atoms with Gasteiger partial charge in [0.2, 0.25) is 0 Å². The minimum absolute atomic E-state index is 0.452. The van der Waals surface area contributed by atoms with Crippen LogP contribution in [-0.2, 0) is 13.2 Å². The van der Waals surface area contributed by atoms with E-state index in [0.29, 0.717) is 6.61 Å². The summed E-state index contributed by atoms with van der Waals surface area (Å²) in [7, 11) is 0. The number of nitrogens with zero attached hydrogens (tertiary/aromatic N) is 2. The molecule has 0 radical (unpaired) electrons. The molecule has 0 saturated heterocycles. The number of aliphatic hydroxyl groups excluding tert-OH is 1. The van der Waals surface area contributed by atoms with E-state index in [1.165, 1.54) is 0 Å².